The molecule has 0 saturated heterocycles. The molecule has 5 rings (SSSR count). The number of Topliss-reactive ketones (excluding diaryl/α,β-unsaturated/α-hetero) is 1. The summed E-state index contributed by atoms with van der Waals surface area (Å²) in [4.78, 5) is 23.4. The number of benzene rings is 2. The van der Waals surface area contributed by atoms with Crippen molar-refractivity contribution in [2.24, 2.45) is 0 Å². The fraction of sp³-hybridized carbons (Fsp3) is 0.148. The summed E-state index contributed by atoms with van der Waals surface area (Å²) in [5, 5.41) is 0. The molecule has 2 aromatic carbocycles. The van der Waals surface area contributed by atoms with E-state index in [9.17, 15) is 4.79 Å². The Hall–Kier alpha value is -3.59. The van der Waals surface area contributed by atoms with Crippen molar-refractivity contribution in [1.82, 2.24) is 9.97 Å². The lowest BCUT2D eigenvalue weighted by atomic mass is 9.78. The average Bonchev–Trinajstić information content (AvgIpc) is 3.14. The van der Waals surface area contributed by atoms with Crippen LogP contribution < -0.4 is 0 Å². The summed E-state index contributed by atoms with van der Waals surface area (Å²) < 4.78 is 0. The molecule has 0 unspecified atom stereocenters. The van der Waals surface area contributed by atoms with Crippen LogP contribution in [0.4, 0.5) is 0 Å². The second kappa shape index (κ2) is 8.03. The number of hydrogen-bond acceptors (Lipinski definition) is 3. The minimum atomic E-state index is -0.265. The predicted molar refractivity (Wildman–Crippen MR) is 117 cm³/mol. The molecule has 4 atom stereocenters. The van der Waals surface area contributed by atoms with E-state index < -0.39 is 0 Å². The van der Waals surface area contributed by atoms with Crippen LogP contribution in [0.15, 0.2) is 109 Å². The molecule has 1 saturated carbocycles. The van der Waals surface area contributed by atoms with Crippen LogP contribution >= 0.6 is 0 Å². The average molecular weight is 390 g/mol. The first-order valence-electron chi connectivity index (χ1n) is 10.3. The highest BCUT2D eigenvalue weighted by Gasteiger charge is 2.53. The SMILES string of the molecule is O=C1[C@@H](c2ccccc2)[C@H](c2ccccn2)[C@@H](c2ccccn2)[C@@H]1c1ccccc1. The van der Waals surface area contributed by atoms with Crippen LogP contribution in [-0.2, 0) is 4.79 Å². The smallest absolute Gasteiger partial charge is 0.149 e. The van der Waals surface area contributed by atoms with Gasteiger partial charge in [0.1, 0.15) is 5.78 Å². The Morgan fingerprint density at radius 1 is 0.500 bits per heavy atom. The lowest BCUT2D eigenvalue weighted by Crippen LogP contribution is -2.16. The minimum Gasteiger partial charge on any atom is -0.298 e. The minimum absolute atomic E-state index is 0.0822. The van der Waals surface area contributed by atoms with Gasteiger partial charge in [0.05, 0.1) is 11.8 Å². The van der Waals surface area contributed by atoms with Crippen LogP contribution in [0.1, 0.15) is 46.2 Å². The van der Waals surface area contributed by atoms with Gasteiger partial charge in [-0.3, -0.25) is 14.8 Å². The molecule has 1 aliphatic rings. The number of rotatable bonds is 4. The zero-order valence-electron chi connectivity index (χ0n) is 16.5. The van der Waals surface area contributed by atoms with Crippen molar-refractivity contribution >= 4 is 5.78 Å². The Morgan fingerprint density at radius 2 is 0.900 bits per heavy atom. The Kier molecular flexibility index (Phi) is 4.94. The summed E-state index contributed by atoms with van der Waals surface area (Å²) in [6.45, 7) is 0. The number of pyridine rings is 2. The van der Waals surface area contributed by atoms with Gasteiger partial charge in [-0.1, -0.05) is 72.8 Å². The van der Waals surface area contributed by atoms with E-state index in [2.05, 4.69) is 24.3 Å². The first kappa shape index (κ1) is 18.4. The van der Waals surface area contributed by atoms with E-state index in [0.717, 1.165) is 22.5 Å². The van der Waals surface area contributed by atoms with E-state index in [4.69, 9.17) is 9.97 Å². The van der Waals surface area contributed by atoms with Crippen LogP contribution in [0.5, 0.6) is 0 Å². The van der Waals surface area contributed by atoms with Gasteiger partial charge in [0.2, 0.25) is 0 Å². The Labute approximate surface area is 176 Å². The predicted octanol–water partition coefficient (Wildman–Crippen LogP) is 5.49. The summed E-state index contributed by atoms with van der Waals surface area (Å²) >= 11 is 0. The van der Waals surface area contributed by atoms with Crippen molar-refractivity contribution in [3.05, 3.63) is 132 Å². The second-order valence-electron chi connectivity index (χ2n) is 7.74. The summed E-state index contributed by atoms with van der Waals surface area (Å²) in [6, 6.07) is 32.1. The van der Waals surface area contributed by atoms with E-state index >= 15 is 0 Å². The molecular weight excluding hydrogens is 368 g/mol. The van der Waals surface area contributed by atoms with E-state index in [1.807, 2.05) is 85.2 Å². The highest BCUT2D eigenvalue weighted by Crippen LogP contribution is 2.57. The molecule has 1 aliphatic carbocycles. The Morgan fingerprint density at radius 3 is 1.27 bits per heavy atom. The first-order valence-corrected chi connectivity index (χ1v) is 10.3. The van der Waals surface area contributed by atoms with E-state index in [1.54, 1.807) is 0 Å². The molecule has 0 bridgehead atoms. The van der Waals surface area contributed by atoms with Crippen LogP contribution in [0, 0.1) is 0 Å². The van der Waals surface area contributed by atoms with Gasteiger partial charge in [-0.2, -0.15) is 0 Å². The molecule has 2 aromatic heterocycles. The quantitative estimate of drug-likeness (QED) is 0.462. The standard InChI is InChI=1S/C27H22N2O/c30-27-23(19-11-3-1-4-12-19)25(21-15-7-9-17-28-21)26(22-16-8-10-18-29-22)24(27)20-13-5-2-6-14-20/h1-18,23-26H/t23-,24-,25-,26-/m0/s1. The van der Waals surface area contributed by atoms with Crippen molar-refractivity contribution < 1.29 is 4.79 Å². The molecule has 0 amide bonds. The van der Waals surface area contributed by atoms with Crippen molar-refractivity contribution in [2.45, 2.75) is 23.7 Å². The maximum absolute atomic E-state index is 14.0. The largest absolute Gasteiger partial charge is 0.298 e. The zero-order valence-corrected chi connectivity index (χ0v) is 16.5. The number of nitrogens with zero attached hydrogens (tertiary/aromatic N) is 2. The highest BCUT2D eigenvalue weighted by molar-refractivity contribution is 5.96. The molecule has 3 heteroatoms. The number of carbonyl (C=O) groups excluding carboxylic acids is 1. The van der Waals surface area contributed by atoms with E-state index in [-0.39, 0.29) is 29.5 Å². The maximum atomic E-state index is 14.0. The maximum Gasteiger partial charge on any atom is 0.149 e. The lowest BCUT2D eigenvalue weighted by molar-refractivity contribution is -0.120. The van der Waals surface area contributed by atoms with Gasteiger partial charge in [0.25, 0.3) is 0 Å². The Bertz CT molecular complexity index is 1020. The number of carbonyl (C=O) groups is 1. The third kappa shape index (κ3) is 3.22. The first-order chi connectivity index (χ1) is 14.8. The van der Waals surface area contributed by atoms with Crippen LogP contribution in [0.2, 0.25) is 0 Å². The van der Waals surface area contributed by atoms with Crippen LogP contribution in [0.25, 0.3) is 0 Å². The van der Waals surface area contributed by atoms with Crippen molar-refractivity contribution in [1.29, 1.82) is 0 Å². The highest BCUT2D eigenvalue weighted by atomic mass is 16.1. The second-order valence-corrected chi connectivity index (χ2v) is 7.74. The summed E-state index contributed by atoms with van der Waals surface area (Å²) in [6.07, 6.45) is 3.63. The van der Waals surface area contributed by atoms with Crippen molar-refractivity contribution in [3.8, 4) is 0 Å². The molecule has 4 aromatic rings. The summed E-state index contributed by atoms with van der Waals surface area (Å²) in [5.74, 6) is -0.460. The molecule has 0 radical (unpaired) electrons. The fourth-order valence-electron chi connectivity index (χ4n) is 4.88. The third-order valence-corrected chi connectivity index (χ3v) is 6.09. The molecule has 3 nitrogen and oxygen atoms in total. The topological polar surface area (TPSA) is 42.9 Å². The van der Waals surface area contributed by atoms with Gasteiger partial charge in [-0.25, -0.2) is 0 Å². The lowest BCUT2D eigenvalue weighted by Gasteiger charge is -2.25. The van der Waals surface area contributed by atoms with Gasteiger partial charge in [0, 0.05) is 35.6 Å². The van der Waals surface area contributed by atoms with Gasteiger partial charge in [0.15, 0.2) is 0 Å². The monoisotopic (exact) mass is 390 g/mol. The van der Waals surface area contributed by atoms with Gasteiger partial charge < -0.3 is 0 Å². The summed E-state index contributed by atoms with van der Waals surface area (Å²) in [7, 11) is 0. The number of aromatic nitrogens is 2. The fourth-order valence-corrected chi connectivity index (χ4v) is 4.88. The molecule has 30 heavy (non-hydrogen) atoms. The molecule has 0 aliphatic heterocycles. The van der Waals surface area contributed by atoms with E-state index in [0.29, 0.717) is 0 Å². The number of ketones is 1. The zero-order chi connectivity index (χ0) is 20.3. The van der Waals surface area contributed by atoms with Crippen molar-refractivity contribution in [3.63, 3.8) is 0 Å². The molecule has 0 N–H and O–H groups in total. The normalized spacial score (nSPS) is 23.4. The van der Waals surface area contributed by atoms with Gasteiger partial charge in [-0.15, -0.1) is 0 Å². The van der Waals surface area contributed by atoms with E-state index in [1.165, 1.54) is 0 Å². The Balaban J connectivity index is 1.74. The molecule has 146 valence electrons. The summed E-state index contributed by atoms with van der Waals surface area (Å²) in [5.41, 5.74) is 3.96. The number of hydrogen-bond donors (Lipinski definition) is 0. The molecule has 1 fully saturated rings. The molecular formula is C27H22N2O. The van der Waals surface area contributed by atoms with Gasteiger partial charge >= 0.3 is 0 Å². The van der Waals surface area contributed by atoms with Gasteiger partial charge in [-0.05, 0) is 35.4 Å². The molecule has 0 spiro atoms. The molecule has 2 heterocycles. The van der Waals surface area contributed by atoms with Crippen molar-refractivity contribution in [2.75, 3.05) is 0 Å². The third-order valence-electron chi connectivity index (χ3n) is 6.09. The van der Waals surface area contributed by atoms with Crippen LogP contribution in [0.3, 0.4) is 0 Å². The van der Waals surface area contributed by atoms with Crippen LogP contribution in [-0.4, -0.2) is 15.8 Å².